The van der Waals surface area contributed by atoms with Gasteiger partial charge in [-0.2, -0.15) is 0 Å². The summed E-state index contributed by atoms with van der Waals surface area (Å²) in [5.41, 5.74) is 1.86. The maximum Gasteiger partial charge on any atom is 0.286 e. The lowest BCUT2D eigenvalue weighted by Crippen LogP contribution is -2.24. The molecule has 2 N–H and O–H groups in total. The van der Waals surface area contributed by atoms with Crippen molar-refractivity contribution in [2.24, 2.45) is 0 Å². The summed E-state index contributed by atoms with van der Waals surface area (Å²) in [5.74, 6) is -0.219. The van der Waals surface area contributed by atoms with Crippen LogP contribution in [0.4, 0.5) is 4.79 Å². The number of nitrogens with one attached hydrogen (secondary N) is 1. The zero-order chi connectivity index (χ0) is 16.9. The highest BCUT2D eigenvalue weighted by molar-refractivity contribution is 8.15. The molecule has 1 heterocycles. The molecule has 0 saturated carbocycles. The highest BCUT2D eigenvalue weighted by Gasteiger charge is 2.32. The van der Waals surface area contributed by atoms with Crippen molar-refractivity contribution in [2.45, 2.75) is 30.3 Å². The van der Waals surface area contributed by atoms with Gasteiger partial charge in [-0.05, 0) is 18.4 Å². The largest absolute Gasteiger partial charge is 0.386 e. The van der Waals surface area contributed by atoms with E-state index in [1.807, 2.05) is 48.6 Å². The van der Waals surface area contributed by atoms with Crippen LogP contribution in [-0.4, -0.2) is 34.2 Å². The van der Waals surface area contributed by atoms with Crippen molar-refractivity contribution in [3.05, 3.63) is 59.7 Å². The number of carbonyl (C=O) groups is 2. The number of hydrogen-bond donors (Lipinski definition) is 2. The third-order valence-electron chi connectivity index (χ3n) is 3.98. The Balaban J connectivity index is 1.45. The maximum atomic E-state index is 11.6. The van der Waals surface area contributed by atoms with Crippen LogP contribution in [0.5, 0.6) is 0 Å². The van der Waals surface area contributed by atoms with Crippen molar-refractivity contribution in [3.8, 4) is 0 Å². The van der Waals surface area contributed by atoms with Gasteiger partial charge in [0.1, 0.15) is 6.10 Å². The highest BCUT2D eigenvalue weighted by atomic mass is 32.2. The molecule has 1 fully saturated rings. The minimum absolute atomic E-state index is 0.0844. The van der Waals surface area contributed by atoms with E-state index in [1.54, 1.807) is 0 Å². The summed E-state index contributed by atoms with van der Waals surface area (Å²) < 4.78 is 5.74. The molecule has 6 heteroatoms. The number of carbonyl (C=O) groups excluding carboxylic acids is 2. The van der Waals surface area contributed by atoms with Gasteiger partial charge in [-0.3, -0.25) is 14.9 Å². The van der Waals surface area contributed by atoms with Crippen molar-refractivity contribution >= 4 is 22.9 Å². The zero-order valence-corrected chi connectivity index (χ0v) is 13.9. The standard InChI is InChI=1S/C18H19NO4S/c20-15(13-4-2-1-3-5-13)11-23-14-8-6-12(7-9-14)10-16-17(21)19-18(22)24-16/h1-8,14-16,20H,9-11H2,(H,19,21,22)/t14?,15-,16?/m0/s1. The van der Waals surface area contributed by atoms with Crippen molar-refractivity contribution in [1.29, 1.82) is 0 Å². The van der Waals surface area contributed by atoms with Crippen LogP contribution in [0.25, 0.3) is 0 Å². The quantitative estimate of drug-likeness (QED) is 0.829. The van der Waals surface area contributed by atoms with E-state index in [9.17, 15) is 14.7 Å². The Bertz CT molecular complexity index is 671. The average Bonchev–Trinajstić information content (AvgIpc) is 2.92. The number of benzene rings is 1. The van der Waals surface area contributed by atoms with Crippen LogP contribution in [0.1, 0.15) is 24.5 Å². The van der Waals surface area contributed by atoms with Crippen LogP contribution in [0.15, 0.2) is 54.1 Å². The molecular formula is C18H19NO4S. The lowest BCUT2D eigenvalue weighted by atomic mass is 10.0. The number of allylic oxidation sites excluding steroid dienone is 2. The molecule has 3 atom stereocenters. The van der Waals surface area contributed by atoms with Crippen molar-refractivity contribution in [3.63, 3.8) is 0 Å². The van der Waals surface area contributed by atoms with Gasteiger partial charge in [0, 0.05) is 0 Å². The molecule has 2 aliphatic rings. The Morgan fingerprint density at radius 2 is 2.08 bits per heavy atom. The van der Waals surface area contributed by atoms with Crippen LogP contribution in [0.2, 0.25) is 0 Å². The van der Waals surface area contributed by atoms with Crippen molar-refractivity contribution < 1.29 is 19.4 Å². The number of imide groups is 1. The van der Waals surface area contributed by atoms with E-state index in [1.165, 1.54) is 0 Å². The summed E-state index contributed by atoms with van der Waals surface area (Å²) >= 11 is 1.04. The molecule has 2 unspecified atom stereocenters. The first-order valence-electron chi connectivity index (χ1n) is 7.85. The van der Waals surface area contributed by atoms with Crippen LogP contribution < -0.4 is 5.32 Å². The molecule has 1 aliphatic heterocycles. The van der Waals surface area contributed by atoms with Gasteiger partial charge >= 0.3 is 0 Å². The summed E-state index contributed by atoms with van der Waals surface area (Å²) in [4.78, 5) is 22.8. The number of hydrogen-bond acceptors (Lipinski definition) is 5. The highest BCUT2D eigenvalue weighted by Crippen LogP contribution is 2.27. The number of thioether (sulfide) groups is 1. The summed E-state index contributed by atoms with van der Waals surface area (Å²) in [7, 11) is 0. The molecule has 2 amide bonds. The Kier molecular flexibility index (Phi) is 5.50. The maximum absolute atomic E-state index is 11.6. The molecule has 0 spiro atoms. The monoisotopic (exact) mass is 345 g/mol. The van der Waals surface area contributed by atoms with Crippen molar-refractivity contribution in [1.82, 2.24) is 5.32 Å². The molecule has 0 bridgehead atoms. The Morgan fingerprint density at radius 3 is 2.71 bits per heavy atom. The van der Waals surface area contributed by atoms with Gasteiger partial charge in [-0.15, -0.1) is 0 Å². The van der Waals surface area contributed by atoms with Gasteiger partial charge in [-0.25, -0.2) is 0 Å². The summed E-state index contributed by atoms with van der Waals surface area (Å²) in [6.07, 6.45) is 6.40. The van der Waals surface area contributed by atoms with Crippen LogP contribution >= 0.6 is 11.8 Å². The summed E-state index contributed by atoms with van der Waals surface area (Å²) in [6, 6.07) is 9.42. The second-order valence-corrected chi connectivity index (χ2v) is 6.93. The SMILES string of the molecule is O=C1NC(=O)C(CC2=CCC(OC[C@H](O)c3ccccc3)C=C2)S1. The van der Waals surface area contributed by atoms with E-state index in [-0.39, 0.29) is 29.1 Å². The Hall–Kier alpha value is -1.89. The molecule has 5 nitrogen and oxygen atoms in total. The number of rotatable bonds is 6. The van der Waals surface area contributed by atoms with Crippen LogP contribution in [-0.2, 0) is 9.53 Å². The summed E-state index contributed by atoms with van der Waals surface area (Å²) in [6.45, 7) is 0.234. The van der Waals surface area contributed by atoms with Gasteiger partial charge in [0.15, 0.2) is 0 Å². The van der Waals surface area contributed by atoms with E-state index < -0.39 is 6.10 Å². The second kappa shape index (κ2) is 7.79. The van der Waals surface area contributed by atoms with Gasteiger partial charge in [-0.1, -0.05) is 65.9 Å². The fourth-order valence-corrected chi connectivity index (χ4v) is 3.51. The number of ether oxygens (including phenoxy) is 1. The van der Waals surface area contributed by atoms with E-state index in [0.29, 0.717) is 12.8 Å². The molecule has 0 radical (unpaired) electrons. The predicted octanol–water partition coefficient (Wildman–Crippen LogP) is 2.73. The van der Waals surface area contributed by atoms with Gasteiger partial charge < -0.3 is 9.84 Å². The van der Waals surface area contributed by atoms with Crippen LogP contribution in [0.3, 0.4) is 0 Å². The van der Waals surface area contributed by atoms with E-state index in [2.05, 4.69) is 5.32 Å². The Morgan fingerprint density at radius 1 is 1.29 bits per heavy atom. The molecule has 126 valence electrons. The smallest absolute Gasteiger partial charge is 0.286 e. The first-order chi connectivity index (χ1) is 11.6. The molecule has 1 aromatic carbocycles. The van der Waals surface area contributed by atoms with E-state index >= 15 is 0 Å². The normalized spacial score (nSPS) is 24.6. The van der Waals surface area contributed by atoms with E-state index in [0.717, 1.165) is 22.9 Å². The third-order valence-corrected chi connectivity index (χ3v) is 4.96. The lowest BCUT2D eigenvalue weighted by molar-refractivity contribution is -0.118. The van der Waals surface area contributed by atoms with Gasteiger partial charge in [0.25, 0.3) is 5.24 Å². The predicted molar refractivity (Wildman–Crippen MR) is 92.5 cm³/mol. The van der Waals surface area contributed by atoms with Crippen molar-refractivity contribution in [2.75, 3.05) is 6.61 Å². The molecule has 1 aromatic rings. The second-order valence-electron chi connectivity index (χ2n) is 5.76. The molecular weight excluding hydrogens is 326 g/mol. The first-order valence-corrected chi connectivity index (χ1v) is 8.73. The van der Waals surface area contributed by atoms with E-state index in [4.69, 9.17) is 4.74 Å². The first kappa shape index (κ1) is 17.0. The minimum atomic E-state index is -0.644. The van der Waals surface area contributed by atoms with Gasteiger partial charge in [0.05, 0.1) is 18.0 Å². The minimum Gasteiger partial charge on any atom is -0.386 e. The Labute approximate surface area is 144 Å². The third kappa shape index (κ3) is 4.35. The lowest BCUT2D eigenvalue weighted by Gasteiger charge is -2.20. The summed E-state index contributed by atoms with van der Waals surface area (Å²) in [5, 5.41) is 11.8. The number of aliphatic hydroxyl groups excluding tert-OH is 1. The molecule has 3 rings (SSSR count). The molecule has 1 saturated heterocycles. The van der Waals surface area contributed by atoms with Gasteiger partial charge in [0.2, 0.25) is 5.91 Å². The fraction of sp³-hybridized carbons (Fsp3) is 0.333. The topological polar surface area (TPSA) is 75.6 Å². The zero-order valence-electron chi connectivity index (χ0n) is 13.1. The average molecular weight is 345 g/mol. The number of amides is 2. The molecule has 24 heavy (non-hydrogen) atoms. The van der Waals surface area contributed by atoms with Crippen LogP contribution in [0, 0.1) is 0 Å². The molecule has 1 aliphatic carbocycles. The number of aliphatic hydroxyl groups is 1. The fourth-order valence-electron chi connectivity index (χ4n) is 2.65. The molecule has 0 aromatic heterocycles.